The van der Waals surface area contributed by atoms with E-state index in [2.05, 4.69) is 6.92 Å². The largest absolute Gasteiger partial charge is 0.259 e. The fourth-order valence-corrected chi connectivity index (χ4v) is 7.07. The third kappa shape index (κ3) is 6.48. The minimum absolute atomic E-state index is 0.191. The van der Waals surface area contributed by atoms with Crippen molar-refractivity contribution >= 4 is 0 Å². The molecule has 206 valence electrons. The van der Waals surface area contributed by atoms with Crippen LogP contribution in [0.5, 0.6) is 0 Å². The van der Waals surface area contributed by atoms with Crippen LogP contribution in [-0.2, 0) is 0 Å². The Bertz CT molecular complexity index is 627. The van der Waals surface area contributed by atoms with E-state index in [9.17, 15) is 13.2 Å². The van der Waals surface area contributed by atoms with Crippen LogP contribution >= 0.6 is 0 Å². The minimum Gasteiger partial charge on any atom is -0.247 e. The van der Waals surface area contributed by atoms with Crippen LogP contribution in [0.15, 0.2) is 0 Å². The molecule has 8 heteroatoms. The first-order chi connectivity index (χ1) is 16.4. The predicted octanol–water partition coefficient (Wildman–Crippen LogP) is 8.97. The van der Waals surface area contributed by atoms with Gasteiger partial charge in [-0.3, -0.25) is 0 Å². The lowest BCUT2D eigenvalue weighted by Crippen LogP contribution is -2.54. The van der Waals surface area contributed by atoms with Crippen molar-refractivity contribution in [2.45, 2.75) is 128 Å². The van der Waals surface area contributed by atoms with Crippen molar-refractivity contribution in [1.29, 1.82) is 0 Å². The van der Waals surface area contributed by atoms with E-state index in [-0.39, 0.29) is 5.92 Å². The summed E-state index contributed by atoms with van der Waals surface area (Å²) in [5.41, 5.74) is 0. The molecule has 3 rings (SSSR count). The number of hydrogen-bond donors (Lipinski definition) is 0. The normalized spacial score (nSPS) is 44.0. The molecule has 0 N–H and O–H groups in total. The van der Waals surface area contributed by atoms with Crippen LogP contribution in [0.2, 0.25) is 0 Å². The number of rotatable bonds is 8. The first-order valence-electron chi connectivity index (χ1n) is 13.6. The van der Waals surface area contributed by atoms with Gasteiger partial charge in [0.05, 0.1) is 5.92 Å². The Balaban J connectivity index is 1.61. The summed E-state index contributed by atoms with van der Waals surface area (Å²) in [6.45, 7) is 5.85. The maximum atomic E-state index is 15.3. The van der Waals surface area contributed by atoms with Crippen LogP contribution in [0.3, 0.4) is 0 Å². The molecule has 7 unspecified atom stereocenters. The monoisotopic (exact) mass is 518 g/mol. The Hall–Kier alpha value is -0.560. The van der Waals surface area contributed by atoms with Gasteiger partial charge in [0.25, 0.3) is 5.92 Å². The van der Waals surface area contributed by atoms with Crippen LogP contribution in [0, 0.1) is 41.4 Å². The van der Waals surface area contributed by atoms with Crippen LogP contribution in [0.1, 0.15) is 85.0 Å². The van der Waals surface area contributed by atoms with Crippen LogP contribution in [0.25, 0.3) is 0 Å². The minimum atomic E-state index is -4.01. The number of halogens is 8. The zero-order chi connectivity index (χ0) is 26.1. The number of hydrogen-bond acceptors (Lipinski definition) is 0. The molecule has 0 aromatic heterocycles. The van der Waals surface area contributed by atoms with Gasteiger partial charge in [0, 0.05) is 5.92 Å². The maximum Gasteiger partial charge on any atom is 0.259 e. The van der Waals surface area contributed by atoms with E-state index in [4.69, 9.17) is 0 Å². The molecule has 7 atom stereocenters. The van der Waals surface area contributed by atoms with Gasteiger partial charge in [0.15, 0.2) is 6.17 Å². The Morgan fingerprint density at radius 2 is 1.29 bits per heavy atom. The summed E-state index contributed by atoms with van der Waals surface area (Å²) in [7, 11) is 0. The Labute approximate surface area is 205 Å². The summed E-state index contributed by atoms with van der Waals surface area (Å²) >= 11 is 0. The quantitative estimate of drug-likeness (QED) is 0.281. The molecule has 35 heavy (non-hydrogen) atoms. The predicted molar refractivity (Wildman–Crippen MR) is 122 cm³/mol. The third-order valence-corrected chi connectivity index (χ3v) is 9.63. The van der Waals surface area contributed by atoms with Crippen molar-refractivity contribution in [3.8, 4) is 0 Å². The lowest BCUT2D eigenvalue weighted by Gasteiger charge is -2.45. The van der Waals surface area contributed by atoms with Crippen molar-refractivity contribution in [3.63, 3.8) is 0 Å². The molecule has 0 nitrogen and oxygen atoms in total. The molecule has 0 heterocycles. The second-order valence-corrected chi connectivity index (χ2v) is 11.9. The van der Waals surface area contributed by atoms with E-state index >= 15 is 22.0 Å². The summed E-state index contributed by atoms with van der Waals surface area (Å²) < 4.78 is 117. The fourth-order valence-electron chi connectivity index (χ4n) is 7.07. The molecule has 3 saturated carbocycles. The van der Waals surface area contributed by atoms with Gasteiger partial charge >= 0.3 is 0 Å². The standard InChI is InChI=1S/C27H42F8/c1-4-16(17-7-5-14(2)6-8-17)9-20(28)15(3)18-10-21(29)25(22(30)11-18)27(34,35)19-12-23(31)26(33)24(32)13-19/h14-26H,4-13H2,1-3H3. The molecule has 0 radical (unpaired) electrons. The lowest BCUT2D eigenvalue weighted by molar-refractivity contribution is -0.190. The highest BCUT2D eigenvalue weighted by Gasteiger charge is 2.59. The van der Waals surface area contributed by atoms with Gasteiger partial charge in [-0.05, 0) is 74.5 Å². The van der Waals surface area contributed by atoms with E-state index in [0.29, 0.717) is 18.3 Å². The Morgan fingerprint density at radius 1 is 0.771 bits per heavy atom. The average Bonchev–Trinajstić information content (AvgIpc) is 2.79. The van der Waals surface area contributed by atoms with Gasteiger partial charge < -0.3 is 0 Å². The first kappa shape index (κ1) is 29.0. The van der Waals surface area contributed by atoms with E-state index in [0.717, 1.165) is 32.1 Å². The molecule has 3 aliphatic rings. The zero-order valence-corrected chi connectivity index (χ0v) is 21.1. The van der Waals surface area contributed by atoms with Crippen LogP contribution < -0.4 is 0 Å². The summed E-state index contributed by atoms with van der Waals surface area (Å²) in [6.07, 6.45) is -10.4. The lowest BCUT2D eigenvalue weighted by atomic mass is 9.66. The highest BCUT2D eigenvalue weighted by atomic mass is 19.3. The summed E-state index contributed by atoms with van der Waals surface area (Å²) in [5.74, 6) is -8.42. The summed E-state index contributed by atoms with van der Waals surface area (Å²) in [6, 6.07) is 0. The molecule has 3 aliphatic carbocycles. The highest BCUT2D eigenvalue weighted by Crippen LogP contribution is 2.51. The van der Waals surface area contributed by atoms with Gasteiger partial charge in [-0.2, -0.15) is 0 Å². The molecule has 0 amide bonds. The van der Waals surface area contributed by atoms with Crippen molar-refractivity contribution < 1.29 is 35.1 Å². The molecule has 3 fully saturated rings. The second kappa shape index (κ2) is 11.9. The van der Waals surface area contributed by atoms with E-state index in [1.165, 1.54) is 0 Å². The van der Waals surface area contributed by atoms with Crippen molar-refractivity contribution in [2.24, 2.45) is 41.4 Å². The molecule has 0 aliphatic heterocycles. The van der Waals surface area contributed by atoms with Gasteiger partial charge in [-0.15, -0.1) is 0 Å². The third-order valence-electron chi connectivity index (χ3n) is 9.63. The molecule has 0 saturated heterocycles. The SMILES string of the molecule is CCC(CC(F)C(C)C1CC(F)C(C(F)(F)C2CC(F)C(F)C(F)C2)C(F)C1)C1CCC(C)CC1. The number of alkyl halides is 8. The second-order valence-electron chi connectivity index (χ2n) is 11.9. The maximum absolute atomic E-state index is 15.3. The topological polar surface area (TPSA) is 0 Å². The van der Waals surface area contributed by atoms with Gasteiger partial charge in [0.2, 0.25) is 0 Å². The van der Waals surface area contributed by atoms with Crippen LogP contribution in [0.4, 0.5) is 35.1 Å². The molecule has 0 bridgehead atoms. The fraction of sp³-hybridized carbons (Fsp3) is 1.00. The van der Waals surface area contributed by atoms with Gasteiger partial charge in [0.1, 0.15) is 30.9 Å². The van der Waals surface area contributed by atoms with Crippen molar-refractivity contribution in [1.82, 2.24) is 0 Å². The Morgan fingerprint density at radius 3 is 1.77 bits per heavy atom. The van der Waals surface area contributed by atoms with Crippen molar-refractivity contribution in [2.75, 3.05) is 0 Å². The summed E-state index contributed by atoms with van der Waals surface area (Å²) in [5, 5.41) is 0. The van der Waals surface area contributed by atoms with E-state index in [1.54, 1.807) is 6.92 Å². The van der Waals surface area contributed by atoms with Gasteiger partial charge in [-0.25, -0.2) is 35.1 Å². The van der Waals surface area contributed by atoms with Crippen molar-refractivity contribution in [3.05, 3.63) is 0 Å². The molecular formula is C27H42F8. The summed E-state index contributed by atoms with van der Waals surface area (Å²) in [4.78, 5) is 0. The highest BCUT2D eigenvalue weighted by molar-refractivity contribution is 5.02. The Kier molecular flexibility index (Phi) is 9.84. The molecule has 0 spiro atoms. The first-order valence-corrected chi connectivity index (χ1v) is 13.6. The van der Waals surface area contributed by atoms with E-state index in [1.807, 2.05) is 6.92 Å². The molecular weight excluding hydrogens is 476 g/mol. The molecule has 0 aromatic carbocycles. The van der Waals surface area contributed by atoms with Gasteiger partial charge in [-0.1, -0.05) is 40.0 Å². The average molecular weight is 519 g/mol. The molecule has 0 aromatic rings. The van der Waals surface area contributed by atoms with Crippen LogP contribution in [-0.4, -0.2) is 43.0 Å². The smallest absolute Gasteiger partial charge is 0.247 e. The van der Waals surface area contributed by atoms with E-state index < -0.39 is 92.3 Å². The zero-order valence-electron chi connectivity index (χ0n) is 21.1.